The van der Waals surface area contributed by atoms with Gasteiger partial charge in [0.2, 0.25) is 17.7 Å². The maximum absolute atomic E-state index is 13.3. The van der Waals surface area contributed by atoms with E-state index in [2.05, 4.69) is 20.9 Å². The number of H-pyrrole nitrogens is 1. The zero-order valence-corrected chi connectivity index (χ0v) is 21.0. The molecule has 0 unspecified atom stereocenters. The van der Waals surface area contributed by atoms with Gasteiger partial charge < -0.3 is 31.1 Å². The van der Waals surface area contributed by atoms with Gasteiger partial charge in [0.05, 0.1) is 12.8 Å². The number of ketones is 1. The van der Waals surface area contributed by atoms with Gasteiger partial charge in [0, 0.05) is 36.9 Å². The van der Waals surface area contributed by atoms with E-state index >= 15 is 0 Å². The van der Waals surface area contributed by atoms with Crippen molar-refractivity contribution in [2.45, 2.75) is 64.1 Å². The number of esters is 1. The van der Waals surface area contributed by atoms with Crippen molar-refractivity contribution in [2.24, 2.45) is 5.92 Å². The van der Waals surface area contributed by atoms with E-state index in [-0.39, 0.29) is 31.8 Å². The number of para-hydroxylation sites is 1. The molecular formula is C26H33N5O6. The molecule has 11 nitrogen and oxygen atoms in total. The minimum absolute atomic E-state index is 0.0449. The highest BCUT2D eigenvalue weighted by Crippen LogP contribution is 2.33. The lowest BCUT2D eigenvalue weighted by atomic mass is 10.0. The maximum Gasteiger partial charge on any atom is 0.328 e. The van der Waals surface area contributed by atoms with Gasteiger partial charge in [0.1, 0.15) is 18.1 Å². The predicted octanol–water partition coefficient (Wildman–Crippen LogP) is 1.16. The number of carbonyl (C=O) groups excluding carboxylic acids is 5. The zero-order chi connectivity index (χ0) is 26.9. The van der Waals surface area contributed by atoms with Crippen LogP contribution in [0.5, 0.6) is 0 Å². The number of nitrogens with one attached hydrogen (secondary N) is 5. The highest BCUT2D eigenvalue weighted by atomic mass is 16.5. The Morgan fingerprint density at radius 2 is 1.78 bits per heavy atom. The third-order valence-electron chi connectivity index (χ3n) is 6.20. The number of benzene rings is 1. The molecule has 1 aromatic carbocycles. The summed E-state index contributed by atoms with van der Waals surface area (Å²) in [4.78, 5) is 65.6. The van der Waals surface area contributed by atoms with Crippen LogP contribution in [0.15, 0.2) is 30.5 Å². The molecule has 0 saturated heterocycles. The molecule has 1 saturated carbocycles. The number of hydrogen-bond acceptors (Lipinski definition) is 7. The van der Waals surface area contributed by atoms with E-state index in [1.165, 1.54) is 6.92 Å². The van der Waals surface area contributed by atoms with Crippen molar-refractivity contribution in [3.63, 3.8) is 0 Å². The topological polar surface area (TPSA) is 170 Å². The highest BCUT2D eigenvalue weighted by Gasteiger charge is 2.39. The van der Waals surface area contributed by atoms with Crippen molar-refractivity contribution in [1.29, 1.82) is 5.41 Å². The van der Waals surface area contributed by atoms with Crippen LogP contribution in [-0.2, 0) is 35.1 Å². The highest BCUT2D eigenvalue weighted by molar-refractivity contribution is 6.26. The molecule has 37 heavy (non-hydrogen) atoms. The summed E-state index contributed by atoms with van der Waals surface area (Å²) < 4.78 is 5.08. The molecule has 198 valence electrons. The number of ether oxygens (including phenoxy) is 1. The Balaban J connectivity index is 1.77. The molecule has 0 spiro atoms. The Morgan fingerprint density at radius 3 is 2.43 bits per heavy atom. The van der Waals surface area contributed by atoms with Gasteiger partial charge in [-0.25, -0.2) is 4.79 Å². The zero-order valence-electron chi connectivity index (χ0n) is 21.0. The molecule has 1 aliphatic rings. The molecule has 0 radical (unpaired) electrons. The number of Topliss-reactive ketones (excluding diaryl/α,β-unsaturated/α-hetero) is 1. The summed E-state index contributed by atoms with van der Waals surface area (Å²) >= 11 is 0. The number of rotatable bonds is 14. The van der Waals surface area contributed by atoms with Crippen molar-refractivity contribution in [3.05, 3.63) is 36.0 Å². The van der Waals surface area contributed by atoms with E-state index in [0.29, 0.717) is 6.21 Å². The van der Waals surface area contributed by atoms with Crippen LogP contribution in [0.25, 0.3) is 10.9 Å². The van der Waals surface area contributed by atoms with Gasteiger partial charge in [0.15, 0.2) is 5.78 Å². The van der Waals surface area contributed by atoms with Crippen LogP contribution in [0, 0.1) is 11.3 Å². The molecule has 11 heteroatoms. The first-order valence-electron chi connectivity index (χ1n) is 12.4. The second-order valence-electron chi connectivity index (χ2n) is 9.10. The average Bonchev–Trinajstić information content (AvgIpc) is 3.64. The van der Waals surface area contributed by atoms with E-state index in [1.54, 1.807) is 13.1 Å². The van der Waals surface area contributed by atoms with Gasteiger partial charge in [-0.05, 0) is 43.7 Å². The third-order valence-corrected chi connectivity index (χ3v) is 6.20. The first-order valence-corrected chi connectivity index (χ1v) is 12.4. The van der Waals surface area contributed by atoms with Crippen LogP contribution in [0.4, 0.5) is 0 Å². The molecule has 1 aromatic heterocycles. The summed E-state index contributed by atoms with van der Waals surface area (Å²) in [5, 5.41) is 16.0. The molecule has 1 aliphatic carbocycles. The van der Waals surface area contributed by atoms with Crippen LogP contribution in [0.2, 0.25) is 0 Å². The number of aromatic amines is 1. The van der Waals surface area contributed by atoms with Crippen LogP contribution in [0.1, 0.15) is 45.1 Å². The molecule has 0 aliphatic heterocycles. The molecule has 2 aromatic rings. The molecule has 5 N–H and O–H groups in total. The number of hydrogen-bond donors (Lipinski definition) is 5. The lowest BCUT2D eigenvalue weighted by Crippen LogP contribution is -2.56. The van der Waals surface area contributed by atoms with Crippen LogP contribution >= 0.6 is 0 Å². The van der Waals surface area contributed by atoms with Crippen molar-refractivity contribution in [1.82, 2.24) is 20.9 Å². The Hall–Kier alpha value is -4.02. The Bertz CT molecular complexity index is 1170. The minimum Gasteiger partial charge on any atom is -0.464 e. The number of aromatic nitrogens is 1. The van der Waals surface area contributed by atoms with Crippen molar-refractivity contribution in [2.75, 3.05) is 6.61 Å². The van der Waals surface area contributed by atoms with Crippen molar-refractivity contribution in [3.8, 4) is 0 Å². The van der Waals surface area contributed by atoms with Crippen LogP contribution < -0.4 is 16.0 Å². The average molecular weight is 512 g/mol. The molecule has 1 fully saturated rings. The molecule has 3 amide bonds. The lowest BCUT2D eigenvalue weighted by Gasteiger charge is -2.24. The van der Waals surface area contributed by atoms with Crippen LogP contribution in [-0.4, -0.2) is 65.4 Å². The summed E-state index contributed by atoms with van der Waals surface area (Å²) in [5.74, 6) is -2.76. The Kier molecular flexibility index (Phi) is 9.53. The lowest BCUT2D eigenvalue weighted by molar-refractivity contribution is -0.148. The third kappa shape index (κ3) is 7.73. The van der Waals surface area contributed by atoms with Gasteiger partial charge in [-0.2, -0.15) is 0 Å². The normalized spacial score (nSPS) is 15.2. The Morgan fingerprint density at radius 1 is 1.08 bits per heavy atom. The standard InChI is InChI=1S/C26H33N5O6/c1-3-37-26(36)23(16-8-9-16)31-24(34)21(11-10-18(33)13-27)30-25(35)22(29-15(2)32)12-17-14-28-20-7-5-4-6-19(17)20/h4-7,13-14,16,21-23,27-28H,3,8-12H2,1-2H3,(H,29,32)(H,30,35)(H,31,34)/t21-,22-,23-/m0/s1. The summed E-state index contributed by atoms with van der Waals surface area (Å²) in [5.41, 5.74) is 1.69. The quantitative estimate of drug-likeness (QED) is 0.188. The number of fused-ring (bicyclic) bond motifs is 1. The van der Waals surface area contributed by atoms with E-state index in [0.717, 1.165) is 29.3 Å². The molecular weight excluding hydrogens is 478 g/mol. The second kappa shape index (κ2) is 12.8. The number of carbonyl (C=O) groups is 5. The smallest absolute Gasteiger partial charge is 0.328 e. The second-order valence-corrected chi connectivity index (χ2v) is 9.10. The fourth-order valence-corrected chi connectivity index (χ4v) is 4.16. The van der Waals surface area contributed by atoms with Gasteiger partial charge in [0.25, 0.3) is 0 Å². The fraction of sp³-hybridized carbons (Fsp3) is 0.462. The van der Waals surface area contributed by atoms with Gasteiger partial charge >= 0.3 is 5.97 Å². The number of amides is 3. The summed E-state index contributed by atoms with van der Waals surface area (Å²) in [7, 11) is 0. The minimum atomic E-state index is -1.16. The van der Waals surface area contributed by atoms with Gasteiger partial charge in [-0.1, -0.05) is 18.2 Å². The van der Waals surface area contributed by atoms with E-state index < -0.39 is 47.6 Å². The van der Waals surface area contributed by atoms with E-state index in [4.69, 9.17) is 10.1 Å². The summed E-state index contributed by atoms with van der Waals surface area (Å²) in [6.45, 7) is 3.13. The maximum atomic E-state index is 13.3. The Labute approximate surface area is 214 Å². The molecule has 1 heterocycles. The van der Waals surface area contributed by atoms with Gasteiger partial charge in [-0.15, -0.1) is 0 Å². The van der Waals surface area contributed by atoms with E-state index in [1.807, 2.05) is 24.3 Å². The summed E-state index contributed by atoms with van der Waals surface area (Å²) in [6, 6.07) is 4.55. The predicted molar refractivity (Wildman–Crippen MR) is 136 cm³/mol. The first kappa shape index (κ1) is 27.6. The SMILES string of the molecule is CCOC(=O)[C@@H](NC(=O)[C@H](CCC(=O)C=N)NC(=O)[C@H](Cc1c[nH]c2ccccc12)NC(C)=O)C1CC1. The van der Waals surface area contributed by atoms with Crippen molar-refractivity contribution >= 4 is 46.6 Å². The molecule has 3 rings (SSSR count). The van der Waals surface area contributed by atoms with Crippen LogP contribution in [0.3, 0.4) is 0 Å². The first-order chi connectivity index (χ1) is 17.7. The fourth-order valence-electron chi connectivity index (χ4n) is 4.16. The largest absolute Gasteiger partial charge is 0.464 e. The van der Waals surface area contributed by atoms with Gasteiger partial charge in [-0.3, -0.25) is 19.2 Å². The monoisotopic (exact) mass is 511 g/mol. The molecule has 0 bridgehead atoms. The van der Waals surface area contributed by atoms with Crippen molar-refractivity contribution < 1.29 is 28.7 Å². The molecule has 3 atom stereocenters. The summed E-state index contributed by atoms with van der Waals surface area (Å²) in [6.07, 6.45) is 3.88. The van der Waals surface area contributed by atoms with E-state index in [9.17, 15) is 24.0 Å².